The molecule has 0 heterocycles. The molecule has 1 unspecified atom stereocenters. The zero-order chi connectivity index (χ0) is 12.3. The molecule has 0 N–H and O–H groups in total. The monoisotopic (exact) mass is 298 g/mol. The lowest BCUT2D eigenvalue weighted by Gasteiger charge is -2.27. The van der Waals surface area contributed by atoms with Gasteiger partial charge >= 0.3 is 0 Å². The van der Waals surface area contributed by atoms with E-state index in [0.29, 0.717) is 5.92 Å². The fraction of sp³-hybridized carbons (Fsp3) is 0.188. The first-order chi connectivity index (χ1) is 8.79. The predicted molar refractivity (Wildman–Crippen MR) is 74.5 cm³/mol. The minimum absolute atomic E-state index is 0.0129. The maximum absolute atomic E-state index is 12.6. The van der Waals surface area contributed by atoms with E-state index in [1.54, 1.807) is 0 Å². The van der Waals surface area contributed by atoms with Crippen LogP contribution in [0.1, 0.15) is 38.9 Å². The highest BCUT2D eigenvalue weighted by Gasteiger charge is 2.48. The van der Waals surface area contributed by atoms with E-state index in [1.807, 2.05) is 24.3 Å². The molecule has 0 saturated carbocycles. The Morgan fingerprint density at radius 1 is 0.778 bits per heavy atom. The number of benzene rings is 2. The van der Waals surface area contributed by atoms with Gasteiger partial charge in [0.15, 0.2) is 5.78 Å². The molecule has 88 valence electrons. The van der Waals surface area contributed by atoms with Crippen molar-refractivity contribution in [3.8, 4) is 0 Å². The number of fused-ring (bicyclic) bond motifs is 7. The van der Waals surface area contributed by atoms with E-state index in [4.69, 9.17) is 0 Å². The van der Waals surface area contributed by atoms with Gasteiger partial charge in [0.1, 0.15) is 0 Å². The highest BCUT2D eigenvalue weighted by molar-refractivity contribution is 9.09. The smallest absolute Gasteiger partial charge is 0.171 e. The van der Waals surface area contributed by atoms with Crippen LogP contribution in [-0.4, -0.2) is 10.6 Å². The average molecular weight is 299 g/mol. The summed E-state index contributed by atoms with van der Waals surface area (Å²) in [5.41, 5.74) is 4.58. The zero-order valence-electron chi connectivity index (χ0n) is 9.64. The van der Waals surface area contributed by atoms with Gasteiger partial charge in [-0.3, -0.25) is 4.79 Å². The summed E-state index contributed by atoms with van der Waals surface area (Å²) >= 11 is 3.75. The van der Waals surface area contributed by atoms with Crippen LogP contribution in [0, 0.1) is 0 Å². The SMILES string of the molecule is O=C1c2ccccc2[C@H]2c3ccccc3[C@@H]1C2Br. The highest BCUT2D eigenvalue weighted by Crippen LogP contribution is 2.54. The number of alkyl halides is 1. The molecule has 1 nitrogen and oxygen atoms in total. The summed E-state index contributed by atoms with van der Waals surface area (Å²) in [6.07, 6.45) is 0. The summed E-state index contributed by atoms with van der Waals surface area (Å²) in [6, 6.07) is 16.4. The number of carbonyl (C=O) groups is 1. The highest BCUT2D eigenvalue weighted by atomic mass is 79.9. The average Bonchev–Trinajstić information content (AvgIpc) is 2.63. The van der Waals surface area contributed by atoms with Gasteiger partial charge in [-0.15, -0.1) is 0 Å². The Balaban J connectivity index is 2.07. The third-order valence-electron chi connectivity index (χ3n) is 4.15. The van der Waals surface area contributed by atoms with Crippen molar-refractivity contribution in [2.75, 3.05) is 0 Å². The second-order valence-corrected chi connectivity index (χ2v) is 6.04. The summed E-state index contributed by atoms with van der Waals surface area (Å²) in [5, 5.41) is 0. The second-order valence-electron chi connectivity index (χ2n) is 4.98. The molecule has 2 heteroatoms. The minimum Gasteiger partial charge on any atom is -0.293 e. The Hall–Kier alpha value is -1.41. The first kappa shape index (κ1) is 10.5. The third kappa shape index (κ3) is 1.14. The Morgan fingerprint density at radius 3 is 2.06 bits per heavy atom. The standard InChI is InChI=1S/C16H11BrO/c17-15-13-9-5-1-2-6-10(9)14(15)16(18)12-8-4-3-7-11(12)13/h1-8,13-15H/t13-,14-,15?/m1/s1. The number of Topliss-reactive ketones (excluding diaryl/α,β-unsaturated/α-hetero) is 1. The maximum atomic E-state index is 12.6. The lowest BCUT2D eigenvalue weighted by atomic mass is 9.80. The lowest BCUT2D eigenvalue weighted by molar-refractivity contribution is 0.0953. The van der Waals surface area contributed by atoms with Crippen molar-refractivity contribution in [3.05, 3.63) is 70.8 Å². The summed E-state index contributed by atoms with van der Waals surface area (Å²) in [5.74, 6) is 0.565. The first-order valence-electron chi connectivity index (χ1n) is 6.15. The van der Waals surface area contributed by atoms with Crippen molar-refractivity contribution in [2.45, 2.75) is 16.7 Å². The topological polar surface area (TPSA) is 17.1 Å². The molecule has 2 aromatic carbocycles. The van der Waals surface area contributed by atoms with Gasteiger partial charge in [0.25, 0.3) is 0 Å². The summed E-state index contributed by atoms with van der Waals surface area (Å²) in [4.78, 5) is 12.8. The van der Waals surface area contributed by atoms with Gasteiger partial charge in [-0.1, -0.05) is 64.5 Å². The van der Waals surface area contributed by atoms with Gasteiger partial charge in [-0.25, -0.2) is 0 Å². The van der Waals surface area contributed by atoms with E-state index in [-0.39, 0.29) is 16.5 Å². The number of hydrogen-bond donors (Lipinski definition) is 0. The number of hydrogen-bond acceptors (Lipinski definition) is 1. The number of carbonyl (C=O) groups excluding carboxylic acids is 1. The van der Waals surface area contributed by atoms with Crippen LogP contribution in [0.3, 0.4) is 0 Å². The molecule has 0 radical (unpaired) electrons. The van der Waals surface area contributed by atoms with Crippen LogP contribution in [0.5, 0.6) is 0 Å². The van der Waals surface area contributed by atoms with Crippen molar-refractivity contribution < 1.29 is 4.79 Å². The molecule has 0 saturated heterocycles. The molecule has 0 aromatic heterocycles. The summed E-state index contributed by atoms with van der Waals surface area (Å²) in [6.45, 7) is 0. The van der Waals surface area contributed by atoms with E-state index in [9.17, 15) is 4.79 Å². The molecule has 0 aliphatic heterocycles. The van der Waals surface area contributed by atoms with E-state index in [2.05, 4.69) is 40.2 Å². The third-order valence-corrected chi connectivity index (χ3v) is 5.20. The van der Waals surface area contributed by atoms with Crippen molar-refractivity contribution in [3.63, 3.8) is 0 Å². The Labute approximate surface area is 114 Å². The molecule has 18 heavy (non-hydrogen) atoms. The summed E-state index contributed by atoms with van der Waals surface area (Å²) < 4.78 is 0. The first-order valence-corrected chi connectivity index (χ1v) is 7.06. The van der Waals surface area contributed by atoms with Gasteiger partial charge in [-0.05, 0) is 16.7 Å². The molecule has 4 rings (SSSR count). The molecule has 0 fully saturated rings. The lowest BCUT2D eigenvalue weighted by Crippen LogP contribution is -2.27. The number of halogens is 1. The predicted octanol–water partition coefficient (Wildman–Crippen LogP) is 3.88. The molecule has 2 aliphatic carbocycles. The Bertz CT molecular complexity index is 662. The zero-order valence-corrected chi connectivity index (χ0v) is 11.2. The second kappa shape index (κ2) is 3.55. The molecule has 2 aliphatic rings. The van der Waals surface area contributed by atoms with Crippen LogP contribution in [0.2, 0.25) is 0 Å². The van der Waals surface area contributed by atoms with Crippen molar-refractivity contribution in [2.24, 2.45) is 0 Å². The van der Waals surface area contributed by atoms with Crippen LogP contribution in [0.25, 0.3) is 0 Å². The quantitative estimate of drug-likeness (QED) is 0.675. The Morgan fingerprint density at radius 2 is 1.33 bits per heavy atom. The van der Waals surface area contributed by atoms with Gasteiger partial charge < -0.3 is 0 Å². The van der Waals surface area contributed by atoms with Crippen molar-refractivity contribution in [1.82, 2.24) is 0 Å². The van der Waals surface area contributed by atoms with Crippen LogP contribution < -0.4 is 0 Å². The van der Waals surface area contributed by atoms with Gasteiger partial charge in [0.05, 0.1) is 5.92 Å². The fourth-order valence-corrected chi connectivity index (χ4v) is 4.49. The van der Waals surface area contributed by atoms with E-state index < -0.39 is 0 Å². The van der Waals surface area contributed by atoms with Gasteiger partial charge in [0, 0.05) is 16.3 Å². The van der Waals surface area contributed by atoms with Gasteiger partial charge in [0.2, 0.25) is 0 Å². The summed E-state index contributed by atoms with van der Waals surface area (Å²) in [7, 11) is 0. The molecule has 2 aromatic rings. The number of rotatable bonds is 0. The van der Waals surface area contributed by atoms with E-state index >= 15 is 0 Å². The van der Waals surface area contributed by atoms with Crippen LogP contribution in [0.4, 0.5) is 0 Å². The fourth-order valence-electron chi connectivity index (χ4n) is 3.40. The molecule has 3 atom stereocenters. The normalized spacial score (nSPS) is 27.8. The van der Waals surface area contributed by atoms with Crippen LogP contribution >= 0.6 is 15.9 Å². The minimum atomic E-state index is -0.0129. The van der Waals surface area contributed by atoms with Crippen molar-refractivity contribution >= 4 is 21.7 Å². The van der Waals surface area contributed by atoms with E-state index in [1.165, 1.54) is 16.7 Å². The molecule has 2 bridgehead atoms. The molecular formula is C16H11BrO. The van der Waals surface area contributed by atoms with Gasteiger partial charge in [-0.2, -0.15) is 0 Å². The molecular weight excluding hydrogens is 288 g/mol. The molecule has 0 spiro atoms. The van der Waals surface area contributed by atoms with E-state index in [0.717, 1.165) is 5.56 Å². The Kier molecular flexibility index (Phi) is 2.07. The number of ketones is 1. The van der Waals surface area contributed by atoms with Crippen LogP contribution in [-0.2, 0) is 0 Å². The maximum Gasteiger partial charge on any atom is 0.171 e. The molecule has 0 amide bonds. The largest absolute Gasteiger partial charge is 0.293 e. The van der Waals surface area contributed by atoms with Crippen LogP contribution in [0.15, 0.2) is 48.5 Å². The van der Waals surface area contributed by atoms with Crippen molar-refractivity contribution in [1.29, 1.82) is 0 Å².